The van der Waals surface area contributed by atoms with Gasteiger partial charge in [0.05, 0.1) is 6.04 Å². The molecule has 1 rings (SSSR count). The van der Waals surface area contributed by atoms with Gasteiger partial charge in [0.1, 0.15) is 5.82 Å². The van der Waals surface area contributed by atoms with E-state index >= 15 is 0 Å². The molecule has 0 bridgehead atoms. The molecular weight excluding hydrogens is 228 g/mol. The fraction of sp³-hybridized carbons (Fsp3) is 0.692. The number of rotatable bonds is 8. The lowest BCUT2D eigenvalue weighted by Gasteiger charge is -2.11. The van der Waals surface area contributed by atoms with E-state index < -0.39 is 0 Å². The molecule has 0 saturated carbocycles. The summed E-state index contributed by atoms with van der Waals surface area (Å²) in [4.78, 5) is 15.7. The lowest BCUT2D eigenvalue weighted by Crippen LogP contribution is -2.40. The zero-order valence-electron chi connectivity index (χ0n) is 11.4. The van der Waals surface area contributed by atoms with Crippen LogP contribution in [0.15, 0.2) is 12.4 Å². The molecule has 0 aliphatic rings. The molecule has 0 fully saturated rings. The van der Waals surface area contributed by atoms with Gasteiger partial charge in [0, 0.05) is 25.5 Å². The molecule has 0 spiro atoms. The SMILES string of the molecule is CCCC(N)C(=O)NCCCCn1ccnc1C. The molecule has 0 saturated heterocycles. The van der Waals surface area contributed by atoms with E-state index in [9.17, 15) is 4.79 Å². The number of hydrogen-bond donors (Lipinski definition) is 2. The zero-order chi connectivity index (χ0) is 13.4. The number of amides is 1. The maximum Gasteiger partial charge on any atom is 0.236 e. The summed E-state index contributed by atoms with van der Waals surface area (Å²) in [6.07, 6.45) is 7.46. The Labute approximate surface area is 109 Å². The van der Waals surface area contributed by atoms with Gasteiger partial charge in [-0.25, -0.2) is 4.98 Å². The average molecular weight is 252 g/mol. The zero-order valence-corrected chi connectivity index (χ0v) is 11.4. The molecule has 0 aliphatic carbocycles. The molecule has 1 aromatic heterocycles. The fourth-order valence-corrected chi connectivity index (χ4v) is 1.83. The van der Waals surface area contributed by atoms with Gasteiger partial charge in [-0.2, -0.15) is 0 Å². The summed E-state index contributed by atoms with van der Waals surface area (Å²) in [5, 5.41) is 2.87. The van der Waals surface area contributed by atoms with E-state index in [2.05, 4.69) is 14.9 Å². The Morgan fingerprint density at radius 1 is 1.56 bits per heavy atom. The van der Waals surface area contributed by atoms with Gasteiger partial charge in [0.2, 0.25) is 5.91 Å². The topological polar surface area (TPSA) is 72.9 Å². The van der Waals surface area contributed by atoms with Crippen LogP contribution >= 0.6 is 0 Å². The summed E-state index contributed by atoms with van der Waals surface area (Å²) in [5.74, 6) is 1.000. The van der Waals surface area contributed by atoms with E-state index in [0.717, 1.165) is 38.1 Å². The van der Waals surface area contributed by atoms with Gasteiger partial charge < -0.3 is 15.6 Å². The van der Waals surface area contributed by atoms with Crippen molar-refractivity contribution < 1.29 is 4.79 Å². The third kappa shape index (κ3) is 4.87. The van der Waals surface area contributed by atoms with Gasteiger partial charge in [0.25, 0.3) is 0 Å². The number of carbonyl (C=O) groups is 1. The molecule has 0 aliphatic heterocycles. The van der Waals surface area contributed by atoms with E-state index in [1.165, 1.54) is 0 Å². The number of hydrogen-bond acceptors (Lipinski definition) is 3. The molecule has 18 heavy (non-hydrogen) atoms. The van der Waals surface area contributed by atoms with Crippen LogP contribution < -0.4 is 11.1 Å². The van der Waals surface area contributed by atoms with Gasteiger partial charge in [-0.05, 0) is 26.2 Å². The highest BCUT2D eigenvalue weighted by molar-refractivity contribution is 5.81. The van der Waals surface area contributed by atoms with Crippen LogP contribution in [0, 0.1) is 6.92 Å². The molecule has 1 aromatic rings. The number of carbonyl (C=O) groups excluding carboxylic acids is 1. The minimum atomic E-state index is -0.356. The van der Waals surface area contributed by atoms with Crippen molar-refractivity contribution in [3.8, 4) is 0 Å². The predicted octanol–water partition coefficient (Wildman–Crippen LogP) is 1.22. The van der Waals surface area contributed by atoms with Crippen LogP contribution in [0.5, 0.6) is 0 Å². The molecule has 1 atom stereocenters. The minimum absolute atomic E-state index is 0.0318. The molecule has 1 amide bonds. The smallest absolute Gasteiger partial charge is 0.236 e. The van der Waals surface area contributed by atoms with Crippen LogP contribution in [0.2, 0.25) is 0 Å². The van der Waals surface area contributed by atoms with Crippen molar-refractivity contribution in [1.82, 2.24) is 14.9 Å². The Morgan fingerprint density at radius 3 is 2.94 bits per heavy atom. The van der Waals surface area contributed by atoms with Crippen LogP contribution in [0.3, 0.4) is 0 Å². The molecule has 3 N–H and O–H groups in total. The third-order valence-corrected chi connectivity index (χ3v) is 2.99. The van der Waals surface area contributed by atoms with Gasteiger partial charge in [-0.3, -0.25) is 4.79 Å². The second kappa shape index (κ2) is 7.87. The summed E-state index contributed by atoms with van der Waals surface area (Å²) < 4.78 is 2.12. The predicted molar refractivity (Wildman–Crippen MR) is 72.1 cm³/mol. The molecule has 102 valence electrons. The second-order valence-corrected chi connectivity index (χ2v) is 4.56. The van der Waals surface area contributed by atoms with Crippen molar-refractivity contribution in [2.24, 2.45) is 5.73 Å². The summed E-state index contributed by atoms with van der Waals surface area (Å²) in [7, 11) is 0. The van der Waals surface area contributed by atoms with Crippen LogP contribution in [-0.2, 0) is 11.3 Å². The Kier molecular flexibility index (Phi) is 6.43. The van der Waals surface area contributed by atoms with Gasteiger partial charge >= 0.3 is 0 Å². The van der Waals surface area contributed by atoms with Crippen molar-refractivity contribution in [1.29, 1.82) is 0 Å². The summed E-state index contributed by atoms with van der Waals surface area (Å²) in [6, 6.07) is -0.356. The molecule has 1 unspecified atom stereocenters. The third-order valence-electron chi connectivity index (χ3n) is 2.99. The average Bonchev–Trinajstić information content (AvgIpc) is 2.74. The first kappa shape index (κ1) is 14.7. The van der Waals surface area contributed by atoms with Crippen LogP contribution in [0.1, 0.15) is 38.4 Å². The van der Waals surface area contributed by atoms with E-state index in [4.69, 9.17) is 5.73 Å². The number of aromatic nitrogens is 2. The summed E-state index contributed by atoms with van der Waals surface area (Å²) in [5.41, 5.74) is 5.72. The van der Waals surface area contributed by atoms with E-state index in [0.29, 0.717) is 6.54 Å². The number of aryl methyl sites for hydroxylation is 2. The first-order valence-electron chi connectivity index (χ1n) is 6.66. The number of unbranched alkanes of at least 4 members (excludes halogenated alkanes) is 1. The molecular formula is C13H24N4O. The van der Waals surface area contributed by atoms with Gasteiger partial charge in [0.15, 0.2) is 0 Å². The number of nitrogens with one attached hydrogen (secondary N) is 1. The van der Waals surface area contributed by atoms with E-state index in [1.54, 1.807) is 6.20 Å². The quantitative estimate of drug-likeness (QED) is 0.683. The van der Waals surface area contributed by atoms with Crippen LogP contribution in [0.4, 0.5) is 0 Å². The standard InChI is InChI=1S/C13H24N4O/c1-3-6-12(14)13(18)16-7-4-5-9-17-10-8-15-11(17)2/h8,10,12H,3-7,9,14H2,1-2H3,(H,16,18). The molecule has 5 heteroatoms. The maximum absolute atomic E-state index is 11.5. The molecule has 0 aromatic carbocycles. The molecule has 0 radical (unpaired) electrons. The van der Waals surface area contributed by atoms with Crippen molar-refractivity contribution in [2.45, 2.75) is 52.1 Å². The Morgan fingerprint density at radius 2 is 2.33 bits per heavy atom. The van der Waals surface area contributed by atoms with Gasteiger partial charge in [-0.1, -0.05) is 13.3 Å². The Bertz CT molecular complexity index is 362. The van der Waals surface area contributed by atoms with Crippen LogP contribution in [0.25, 0.3) is 0 Å². The second-order valence-electron chi connectivity index (χ2n) is 4.56. The Balaban J connectivity index is 2.08. The normalized spacial score (nSPS) is 12.4. The maximum atomic E-state index is 11.5. The van der Waals surface area contributed by atoms with Crippen molar-refractivity contribution >= 4 is 5.91 Å². The lowest BCUT2D eigenvalue weighted by molar-refractivity contribution is -0.122. The van der Waals surface area contributed by atoms with Crippen LogP contribution in [-0.4, -0.2) is 28.0 Å². The first-order valence-corrected chi connectivity index (χ1v) is 6.66. The Hall–Kier alpha value is -1.36. The highest BCUT2D eigenvalue weighted by Crippen LogP contribution is 1.99. The van der Waals surface area contributed by atoms with Crippen molar-refractivity contribution in [3.63, 3.8) is 0 Å². The van der Waals surface area contributed by atoms with Crippen molar-refractivity contribution in [2.75, 3.05) is 6.54 Å². The number of nitrogens with two attached hydrogens (primary N) is 1. The first-order chi connectivity index (χ1) is 8.65. The van der Waals surface area contributed by atoms with Crippen molar-refractivity contribution in [3.05, 3.63) is 18.2 Å². The number of imidazole rings is 1. The fourth-order valence-electron chi connectivity index (χ4n) is 1.83. The molecule has 5 nitrogen and oxygen atoms in total. The summed E-state index contributed by atoms with van der Waals surface area (Å²) in [6.45, 7) is 5.67. The van der Waals surface area contributed by atoms with E-state index in [-0.39, 0.29) is 11.9 Å². The molecule has 1 heterocycles. The van der Waals surface area contributed by atoms with E-state index in [1.807, 2.05) is 20.0 Å². The van der Waals surface area contributed by atoms with Gasteiger partial charge in [-0.15, -0.1) is 0 Å². The monoisotopic (exact) mass is 252 g/mol. The largest absolute Gasteiger partial charge is 0.355 e. The number of nitrogens with zero attached hydrogens (tertiary/aromatic N) is 2. The summed E-state index contributed by atoms with van der Waals surface area (Å²) >= 11 is 0. The highest BCUT2D eigenvalue weighted by Gasteiger charge is 2.10. The minimum Gasteiger partial charge on any atom is -0.355 e. The lowest BCUT2D eigenvalue weighted by atomic mass is 10.1. The highest BCUT2D eigenvalue weighted by atomic mass is 16.2.